The number of aryl methyl sites for hydroxylation is 2. The van der Waals surface area contributed by atoms with Gasteiger partial charge < -0.3 is 14.5 Å². The molecule has 0 fully saturated rings. The Morgan fingerprint density at radius 2 is 1.28 bits per heavy atom. The minimum absolute atomic E-state index is 0.0522. The van der Waals surface area contributed by atoms with Crippen LogP contribution in [-0.4, -0.2) is 26.7 Å². The minimum Gasteiger partial charge on any atom is -0.480 e. The number of nitriles is 3. The molecule has 0 amide bonds. The third kappa shape index (κ3) is 8.39. The molecule has 3 aromatic carbocycles. The van der Waals surface area contributed by atoms with E-state index in [1.54, 1.807) is 11.3 Å². The van der Waals surface area contributed by atoms with Gasteiger partial charge in [-0.3, -0.25) is 0 Å². The van der Waals surface area contributed by atoms with Crippen molar-refractivity contribution in [3.63, 3.8) is 0 Å². The predicted molar refractivity (Wildman–Crippen MR) is 290 cm³/mol. The average molecular weight is 968 g/mol. The van der Waals surface area contributed by atoms with Gasteiger partial charge in [-0.1, -0.05) is 119 Å². The van der Waals surface area contributed by atoms with E-state index in [-0.39, 0.29) is 16.9 Å². The molecule has 344 valence electrons. The van der Waals surface area contributed by atoms with E-state index in [4.69, 9.17) is 4.74 Å². The van der Waals surface area contributed by atoms with Crippen LogP contribution < -0.4 is 9.80 Å². The molecule has 2 aliphatic rings. The lowest BCUT2D eigenvalue weighted by atomic mass is 9.73. The van der Waals surface area contributed by atoms with Crippen LogP contribution in [-0.2, 0) is 23.1 Å². The highest BCUT2D eigenvalue weighted by atomic mass is 32.1. The van der Waals surface area contributed by atoms with Crippen molar-refractivity contribution in [3.05, 3.63) is 146 Å². The Hall–Kier alpha value is -5.93. The largest absolute Gasteiger partial charge is 0.480 e. The summed E-state index contributed by atoms with van der Waals surface area (Å²) >= 11 is 7.48. The molecule has 0 spiro atoms. The summed E-state index contributed by atoms with van der Waals surface area (Å²) in [5.74, 6) is 0.0522. The average Bonchev–Trinajstić information content (AvgIpc) is 4.15. The zero-order chi connectivity index (χ0) is 47.7. The molecule has 2 aliphatic heterocycles. The van der Waals surface area contributed by atoms with Crippen LogP contribution in [0.3, 0.4) is 0 Å². The fraction of sp³-hybridized carbons (Fsp3) is 0.328. The first-order valence-electron chi connectivity index (χ1n) is 23.9. The Morgan fingerprint density at radius 3 is 1.84 bits per heavy atom. The molecule has 9 rings (SSSR count). The summed E-state index contributed by atoms with van der Waals surface area (Å²) in [6.07, 6.45) is 16.0. The molecule has 6 nitrogen and oxygen atoms in total. The van der Waals surface area contributed by atoms with Gasteiger partial charge in [-0.05, 0) is 97.7 Å². The molecule has 0 bridgehead atoms. The van der Waals surface area contributed by atoms with Crippen LogP contribution in [0.1, 0.15) is 112 Å². The Bertz CT molecular complexity index is 3150. The first-order valence-corrected chi connectivity index (χ1v) is 27.1. The van der Waals surface area contributed by atoms with Crippen molar-refractivity contribution in [1.82, 2.24) is 0 Å². The molecule has 0 unspecified atom stereocenters. The molecule has 68 heavy (non-hydrogen) atoms. The van der Waals surface area contributed by atoms with Crippen molar-refractivity contribution in [2.24, 2.45) is 0 Å². The summed E-state index contributed by atoms with van der Waals surface area (Å²) in [6.45, 7) is 8.28. The predicted octanol–water partition coefficient (Wildman–Crippen LogP) is 16.6. The molecular weight excluding hydrogens is 911 g/mol. The first kappa shape index (κ1) is 47.1. The molecule has 7 aromatic rings. The molecule has 0 N–H and O–H groups in total. The second kappa shape index (κ2) is 19.6. The molecule has 0 saturated carbocycles. The number of rotatable bonds is 16. The number of anilines is 2. The van der Waals surface area contributed by atoms with E-state index in [1.165, 1.54) is 130 Å². The van der Waals surface area contributed by atoms with Crippen molar-refractivity contribution >= 4 is 81.6 Å². The number of thiophene rings is 4. The number of unbranched alkanes of at least 4 members (excludes halogenated alkanes) is 6. The van der Waals surface area contributed by atoms with Crippen molar-refractivity contribution < 1.29 is 4.74 Å². The van der Waals surface area contributed by atoms with E-state index in [2.05, 4.69) is 142 Å². The van der Waals surface area contributed by atoms with Crippen LogP contribution in [0, 0.1) is 34.0 Å². The van der Waals surface area contributed by atoms with Crippen LogP contribution in [0.4, 0.5) is 11.4 Å². The Balaban J connectivity index is 1.24. The highest BCUT2D eigenvalue weighted by Gasteiger charge is 2.50. The third-order valence-electron chi connectivity index (χ3n) is 13.7. The summed E-state index contributed by atoms with van der Waals surface area (Å²) in [7, 11) is 6.49. The van der Waals surface area contributed by atoms with Crippen LogP contribution in [0.15, 0.2) is 113 Å². The smallest absolute Gasteiger partial charge is 0.172 e. The van der Waals surface area contributed by atoms with Crippen molar-refractivity contribution in [2.75, 3.05) is 30.9 Å². The summed E-state index contributed by atoms with van der Waals surface area (Å²) in [4.78, 5) is 9.72. The van der Waals surface area contributed by atoms with Crippen molar-refractivity contribution in [3.8, 4) is 38.4 Å². The maximum absolute atomic E-state index is 10.2. The Morgan fingerprint density at radius 1 is 0.691 bits per heavy atom. The molecule has 6 heterocycles. The van der Waals surface area contributed by atoms with E-state index in [0.717, 1.165) is 17.7 Å². The SMILES string of the molecule is CCCCCCc1ccc(C2(c3ccc(CCCCCC)cc3)c3c(sc4cc(-c5ccc(N(C)C)cc5)sc34)-c3sc4cc(/C=C/C5=C(C#N)C(=C(C#N)C#N)OC5(C)C)sc4c3N2C)cc1. The van der Waals surface area contributed by atoms with Crippen molar-refractivity contribution in [1.29, 1.82) is 15.8 Å². The van der Waals surface area contributed by atoms with Crippen molar-refractivity contribution in [2.45, 2.75) is 103 Å². The van der Waals surface area contributed by atoms with Gasteiger partial charge in [0.2, 0.25) is 0 Å². The molecule has 4 aromatic heterocycles. The summed E-state index contributed by atoms with van der Waals surface area (Å²) in [6, 6.07) is 38.9. The summed E-state index contributed by atoms with van der Waals surface area (Å²) in [5.41, 5.74) is 9.46. The normalized spacial score (nSPS) is 14.8. The maximum atomic E-state index is 10.2. The van der Waals surface area contributed by atoms with Crippen LogP contribution >= 0.6 is 45.3 Å². The number of ether oxygens (including phenoxy) is 1. The van der Waals surface area contributed by atoms with Crippen LogP contribution in [0.25, 0.3) is 45.1 Å². The van der Waals surface area contributed by atoms with Crippen LogP contribution in [0.2, 0.25) is 0 Å². The van der Waals surface area contributed by atoms with Crippen LogP contribution in [0.5, 0.6) is 0 Å². The van der Waals surface area contributed by atoms with E-state index in [0.29, 0.717) is 5.57 Å². The monoisotopic (exact) mass is 967 g/mol. The second-order valence-electron chi connectivity index (χ2n) is 18.7. The lowest BCUT2D eigenvalue weighted by Gasteiger charge is -2.47. The van der Waals surface area contributed by atoms with Gasteiger partial charge >= 0.3 is 0 Å². The van der Waals surface area contributed by atoms with Gasteiger partial charge in [-0.2, -0.15) is 15.8 Å². The van der Waals surface area contributed by atoms with E-state index >= 15 is 0 Å². The maximum Gasteiger partial charge on any atom is 0.172 e. The highest BCUT2D eigenvalue weighted by molar-refractivity contribution is 7.35. The molecular formula is C58H57N5OS4. The standard InChI is InChI=1S/C58H57N5OS4/c1-8-10-12-14-16-37-18-24-41(25-19-37)58(42-26-20-38(21-27-42)17-15-13-11-9-2)50-53-49(33-47(66-53)39-22-28-43(29-23-39)62(5)6)67-55(50)56-51(63(58)7)54-48(68-56)32-44(65-54)30-31-46-45(36-61)52(40(34-59)35-60)64-57(46,3)4/h18-33H,8-17H2,1-7H3/b31-30+. The van der Waals surface area contributed by atoms with E-state index in [9.17, 15) is 15.8 Å². The fourth-order valence-corrected chi connectivity index (χ4v) is 15.5. The number of nitrogens with zero attached hydrogens (tertiary/aromatic N) is 5. The van der Waals surface area contributed by atoms with E-state index < -0.39 is 11.1 Å². The molecule has 0 radical (unpaired) electrons. The van der Waals surface area contributed by atoms with Gasteiger partial charge in [-0.25, -0.2) is 0 Å². The van der Waals surface area contributed by atoms with Gasteiger partial charge in [0.1, 0.15) is 34.9 Å². The topological polar surface area (TPSA) is 87.1 Å². The minimum atomic E-state index is -0.891. The zero-order valence-corrected chi connectivity index (χ0v) is 43.4. The lowest BCUT2D eigenvalue weighted by Crippen LogP contribution is -2.48. The zero-order valence-electron chi connectivity index (χ0n) is 40.1. The Labute approximate surface area is 418 Å². The fourth-order valence-electron chi connectivity index (χ4n) is 10.0. The highest BCUT2D eigenvalue weighted by Crippen LogP contribution is 2.64. The van der Waals surface area contributed by atoms with Gasteiger partial charge in [0.25, 0.3) is 0 Å². The molecule has 0 atom stereocenters. The first-order chi connectivity index (χ1) is 33.0. The van der Waals surface area contributed by atoms with Gasteiger partial charge in [0.05, 0.1) is 24.8 Å². The Kier molecular flexibility index (Phi) is 13.6. The lowest BCUT2D eigenvalue weighted by molar-refractivity contribution is 0.0954. The number of hydrogen-bond donors (Lipinski definition) is 0. The second-order valence-corrected chi connectivity index (χ2v) is 23.0. The summed E-state index contributed by atoms with van der Waals surface area (Å²) < 4.78 is 11.2. The number of allylic oxidation sites excluding steroid dienone is 2. The van der Waals surface area contributed by atoms with Gasteiger partial charge in [-0.15, -0.1) is 45.3 Å². The molecule has 0 saturated heterocycles. The molecule has 0 aliphatic carbocycles. The van der Waals surface area contributed by atoms with Gasteiger partial charge in [0, 0.05) is 57.1 Å². The number of fused-ring (bicyclic) bond motifs is 7. The number of hydrogen-bond acceptors (Lipinski definition) is 10. The quantitative estimate of drug-likeness (QED) is 0.0708. The van der Waals surface area contributed by atoms with Gasteiger partial charge in [0.15, 0.2) is 11.3 Å². The summed E-state index contributed by atoms with van der Waals surface area (Å²) in [5, 5.41) is 29.5. The number of benzene rings is 3. The van der Waals surface area contributed by atoms with E-state index in [1.807, 2.05) is 66.1 Å². The third-order valence-corrected chi connectivity index (χ3v) is 18.7. The molecule has 10 heteroatoms.